The molecular weight excluding hydrogens is 318 g/mol. The van der Waals surface area contributed by atoms with Gasteiger partial charge < -0.3 is 5.11 Å². The number of benzene rings is 2. The molecule has 1 N–H and O–H groups in total. The highest BCUT2D eigenvalue weighted by Gasteiger charge is 2.11. The van der Waals surface area contributed by atoms with Gasteiger partial charge in [0.05, 0.1) is 10.2 Å². The van der Waals surface area contributed by atoms with Crippen molar-refractivity contribution in [3.63, 3.8) is 0 Å². The molecule has 1 heterocycles. The predicted molar refractivity (Wildman–Crippen MR) is 100 cm³/mol. The van der Waals surface area contributed by atoms with Crippen molar-refractivity contribution in [2.45, 2.75) is 26.7 Å². The van der Waals surface area contributed by atoms with Crippen molar-refractivity contribution in [3.8, 4) is 0 Å². The summed E-state index contributed by atoms with van der Waals surface area (Å²) in [5, 5.41) is 9.97. The van der Waals surface area contributed by atoms with Gasteiger partial charge in [0, 0.05) is 6.42 Å². The minimum absolute atomic E-state index is 0.104. The molecular formula is C20H19NO2S. The van der Waals surface area contributed by atoms with E-state index in [4.69, 9.17) is 10.1 Å². The van der Waals surface area contributed by atoms with Crippen LogP contribution in [0.15, 0.2) is 42.5 Å². The molecule has 0 fully saturated rings. The van der Waals surface area contributed by atoms with E-state index in [1.807, 2.05) is 24.3 Å². The second-order valence-corrected chi connectivity index (χ2v) is 6.94. The van der Waals surface area contributed by atoms with Crippen LogP contribution in [0.3, 0.4) is 0 Å². The number of aryl methyl sites for hydroxylation is 2. The quantitative estimate of drug-likeness (QED) is 0.685. The van der Waals surface area contributed by atoms with Crippen LogP contribution in [-0.4, -0.2) is 16.1 Å². The zero-order chi connectivity index (χ0) is 17.1. The molecule has 3 nitrogen and oxygen atoms in total. The van der Waals surface area contributed by atoms with Gasteiger partial charge >= 0.3 is 5.97 Å². The van der Waals surface area contributed by atoms with E-state index in [1.54, 1.807) is 11.3 Å². The van der Waals surface area contributed by atoms with Crippen molar-refractivity contribution in [1.82, 2.24) is 4.98 Å². The number of fused-ring (bicyclic) bond motifs is 1. The first-order valence-electron chi connectivity index (χ1n) is 7.88. The molecule has 2 aromatic carbocycles. The molecule has 0 aliphatic heterocycles. The Balaban J connectivity index is 2.06. The normalized spacial score (nSPS) is 11.8. The van der Waals surface area contributed by atoms with Crippen LogP contribution in [0, 0.1) is 13.8 Å². The van der Waals surface area contributed by atoms with Gasteiger partial charge in [0.2, 0.25) is 0 Å². The van der Waals surface area contributed by atoms with E-state index in [0.29, 0.717) is 6.42 Å². The van der Waals surface area contributed by atoms with E-state index in [-0.39, 0.29) is 6.42 Å². The van der Waals surface area contributed by atoms with Crippen LogP contribution in [0.25, 0.3) is 21.9 Å². The Bertz CT molecular complexity index is 891. The molecule has 0 saturated heterocycles. The van der Waals surface area contributed by atoms with E-state index in [1.165, 1.54) is 11.1 Å². The summed E-state index contributed by atoms with van der Waals surface area (Å²) in [6, 6.07) is 14.3. The first-order chi connectivity index (χ1) is 11.5. The van der Waals surface area contributed by atoms with Gasteiger partial charge in [-0.05, 0) is 55.2 Å². The average Bonchev–Trinajstić information content (AvgIpc) is 2.98. The smallest absolute Gasteiger partial charge is 0.303 e. The number of nitrogens with zero attached hydrogens (tertiary/aromatic N) is 1. The first kappa shape index (κ1) is 16.4. The number of thiazole rings is 1. The molecule has 0 aliphatic rings. The van der Waals surface area contributed by atoms with Crippen LogP contribution in [-0.2, 0) is 4.79 Å². The Hall–Kier alpha value is -2.46. The predicted octanol–water partition coefficient (Wildman–Crippen LogP) is 5.32. The van der Waals surface area contributed by atoms with Crippen molar-refractivity contribution in [2.75, 3.05) is 0 Å². The van der Waals surface area contributed by atoms with Gasteiger partial charge in [-0.2, -0.15) is 0 Å². The van der Waals surface area contributed by atoms with Crippen LogP contribution in [0.5, 0.6) is 0 Å². The average molecular weight is 337 g/mol. The van der Waals surface area contributed by atoms with Gasteiger partial charge in [-0.1, -0.05) is 35.9 Å². The summed E-state index contributed by atoms with van der Waals surface area (Å²) in [7, 11) is 0. The summed E-state index contributed by atoms with van der Waals surface area (Å²) in [6.07, 6.45) is 2.66. The van der Waals surface area contributed by atoms with Crippen LogP contribution in [0.4, 0.5) is 0 Å². The van der Waals surface area contributed by atoms with Gasteiger partial charge in [-0.25, -0.2) is 4.98 Å². The molecule has 3 rings (SSSR count). The Morgan fingerprint density at radius 2 is 1.96 bits per heavy atom. The van der Waals surface area contributed by atoms with Crippen molar-refractivity contribution >= 4 is 39.2 Å². The summed E-state index contributed by atoms with van der Waals surface area (Å²) in [6.45, 7) is 4.13. The molecule has 122 valence electrons. The lowest BCUT2D eigenvalue weighted by Gasteiger charge is -2.06. The molecule has 0 bridgehead atoms. The van der Waals surface area contributed by atoms with Gasteiger partial charge in [-0.3, -0.25) is 4.79 Å². The molecule has 0 unspecified atom stereocenters. The number of carboxylic acids is 1. The van der Waals surface area contributed by atoms with Gasteiger partial charge in [0.1, 0.15) is 5.01 Å². The van der Waals surface area contributed by atoms with Crippen LogP contribution >= 0.6 is 11.3 Å². The minimum atomic E-state index is -0.789. The van der Waals surface area contributed by atoms with E-state index in [9.17, 15) is 4.79 Å². The van der Waals surface area contributed by atoms with E-state index >= 15 is 0 Å². The fourth-order valence-electron chi connectivity index (χ4n) is 2.60. The highest BCUT2D eigenvalue weighted by Crippen LogP contribution is 2.31. The zero-order valence-corrected chi connectivity index (χ0v) is 14.6. The molecule has 24 heavy (non-hydrogen) atoms. The summed E-state index contributed by atoms with van der Waals surface area (Å²) < 4.78 is 1.12. The Morgan fingerprint density at radius 3 is 2.71 bits per heavy atom. The highest BCUT2D eigenvalue weighted by atomic mass is 32.1. The number of hydrogen-bond acceptors (Lipinski definition) is 3. The highest BCUT2D eigenvalue weighted by molar-refractivity contribution is 7.19. The molecule has 0 amide bonds. The molecule has 3 aromatic rings. The third-order valence-electron chi connectivity index (χ3n) is 3.94. The van der Waals surface area contributed by atoms with Crippen molar-refractivity contribution in [2.24, 2.45) is 0 Å². The number of aliphatic carboxylic acids is 1. The maximum Gasteiger partial charge on any atom is 0.303 e. The third-order valence-corrected chi connectivity index (χ3v) is 5.05. The second kappa shape index (κ2) is 6.97. The number of hydrogen-bond donors (Lipinski definition) is 1. The molecule has 0 spiro atoms. The topological polar surface area (TPSA) is 50.2 Å². The summed E-state index contributed by atoms with van der Waals surface area (Å²) >= 11 is 1.61. The maximum atomic E-state index is 11.0. The number of rotatable bonds is 5. The maximum absolute atomic E-state index is 11.0. The number of aromatic nitrogens is 1. The summed E-state index contributed by atoms with van der Waals surface area (Å²) in [4.78, 5) is 15.7. The van der Waals surface area contributed by atoms with Crippen molar-refractivity contribution < 1.29 is 9.90 Å². The molecule has 0 saturated carbocycles. The summed E-state index contributed by atoms with van der Waals surface area (Å²) in [5.74, 6) is -0.789. The van der Waals surface area contributed by atoms with E-state index in [2.05, 4.69) is 38.1 Å². The number of carboxylic acid groups (broad SMARTS) is 1. The van der Waals surface area contributed by atoms with Gasteiger partial charge in [0.15, 0.2) is 0 Å². The van der Waals surface area contributed by atoms with Crippen molar-refractivity contribution in [1.29, 1.82) is 0 Å². The monoisotopic (exact) mass is 337 g/mol. The Morgan fingerprint density at radius 1 is 1.17 bits per heavy atom. The SMILES string of the molecule is Cc1ccc(C)c(/C=C(\CCC(=O)O)c2nc3ccccc3s2)c1. The fraction of sp³-hybridized carbons (Fsp3) is 0.200. The van der Waals surface area contributed by atoms with E-state index < -0.39 is 5.97 Å². The lowest BCUT2D eigenvalue weighted by atomic mass is 10.0. The number of para-hydroxylation sites is 1. The molecule has 4 heteroatoms. The summed E-state index contributed by atoms with van der Waals surface area (Å²) in [5.41, 5.74) is 5.42. The standard InChI is InChI=1S/C20H19NO2S/c1-13-7-8-14(2)16(11-13)12-15(9-10-19(22)23)20-21-17-5-3-4-6-18(17)24-20/h3-8,11-12H,9-10H2,1-2H3,(H,22,23)/b15-12+. The second-order valence-electron chi connectivity index (χ2n) is 5.91. The Kier molecular flexibility index (Phi) is 4.76. The number of carbonyl (C=O) groups is 1. The molecule has 0 atom stereocenters. The van der Waals surface area contributed by atoms with Gasteiger partial charge in [-0.15, -0.1) is 11.3 Å². The van der Waals surface area contributed by atoms with Gasteiger partial charge in [0.25, 0.3) is 0 Å². The minimum Gasteiger partial charge on any atom is -0.481 e. The molecule has 1 aromatic heterocycles. The third kappa shape index (κ3) is 3.71. The lowest BCUT2D eigenvalue weighted by Crippen LogP contribution is -1.96. The van der Waals surface area contributed by atoms with Crippen LogP contribution in [0.2, 0.25) is 0 Å². The first-order valence-corrected chi connectivity index (χ1v) is 8.70. The van der Waals surface area contributed by atoms with Crippen molar-refractivity contribution in [3.05, 3.63) is 64.2 Å². The molecule has 0 aliphatic carbocycles. The zero-order valence-electron chi connectivity index (χ0n) is 13.7. The van der Waals surface area contributed by atoms with Crippen LogP contribution < -0.4 is 0 Å². The van der Waals surface area contributed by atoms with E-state index in [0.717, 1.165) is 26.4 Å². The molecule has 0 radical (unpaired) electrons. The largest absolute Gasteiger partial charge is 0.481 e. The Labute approximate surface area is 145 Å². The number of allylic oxidation sites excluding steroid dienone is 1. The van der Waals surface area contributed by atoms with Crippen LogP contribution in [0.1, 0.15) is 34.5 Å². The fourth-order valence-corrected chi connectivity index (χ4v) is 3.60. The lowest BCUT2D eigenvalue weighted by molar-refractivity contribution is -0.136.